The van der Waals surface area contributed by atoms with Gasteiger partial charge < -0.3 is 9.30 Å². The van der Waals surface area contributed by atoms with E-state index in [2.05, 4.69) is 24.9 Å². The minimum absolute atomic E-state index is 0.438. The van der Waals surface area contributed by atoms with Gasteiger partial charge in [-0.1, -0.05) is 23.7 Å². The van der Waals surface area contributed by atoms with Crippen molar-refractivity contribution >= 4 is 22.6 Å². The van der Waals surface area contributed by atoms with E-state index in [0.29, 0.717) is 11.6 Å². The first-order valence-electron chi connectivity index (χ1n) is 6.86. The highest BCUT2D eigenvalue weighted by molar-refractivity contribution is 6.31. The van der Waals surface area contributed by atoms with Gasteiger partial charge >= 0.3 is 0 Å². The molecule has 0 atom stereocenters. The summed E-state index contributed by atoms with van der Waals surface area (Å²) in [7, 11) is 1.99. The van der Waals surface area contributed by atoms with E-state index in [9.17, 15) is 0 Å². The highest BCUT2D eigenvalue weighted by Crippen LogP contribution is 2.23. The molecule has 0 spiro atoms. The van der Waals surface area contributed by atoms with Gasteiger partial charge in [-0.2, -0.15) is 0 Å². The Labute approximate surface area is 129 Å². The number of fused-ring (bicyclic) bond motifs is 1. The normalized spacial score (nSPS) is 11.0. The van der Waals surface area contributed by atoms with Crippen LogP contribution < -0.4 is 4.74 Å². The molecule has 4 heteroatoms. The third-order valence-corrected chi connectivity index (χ3v) is 4.08. The van der Waals surface area contributed by atoms with Crippen molar-refractivity contribution in [3.63, 3.8) is 0 Å². The van der Waals surface area contributed by atoms with Crippen LogP contribution in [0.25, 0.3) is 11.0 Å². The molecule has 3 aromatic rings. The summed E-state index contributed by atoms with van der Waals surface area (Å²) in [5.41, 5.74) is 4.34. The Morgan fingerprint density at radius 1 is 1.19 bits per heavy atom. The molecule has 0 aliphatic rings. The van der Waals surface area contributed by atoms with Gasteiger partial charge in [-0.05, 0) is 49.2 Å². The molecule has 0 bridgehead atoms. The molecule has 0 saturated carbocycles. The Morgan fingerprint density at radius 3 is 2.81 bits per heavy atom. The van der Waals surface area contributed by atoms with Gasteiger partial charge in [-0.3, -0.25) is 0 Å². The number of hydrogen-bond acceptors (Lipinski definition) is 2. The average molecular weight is 301 g/mol. The molecule has 108 valence electrons. The molecule has 0 N–H and O–H groups in total. The minimum atomic E-state index is 0.438. The smallest absolute Gasteiger partial charge is 0.147 e. The molecule has 3 nitrogen and oxygen atoms in total. The van der Waals surface area contributed by atoms with E-state index in [0.717, 1.165) is 22.6 Å². The van der Waals surface area contributed by atoms with Crippen LogP contribution in [0.2, 0.25) is 5.02 Å². The van der Waals surface area contributed by atoms with Crippen LogP contribution >= 0.6 is 11.6 Å². The first kappa shape index (κ1) is 14.0. The second-order valence-corrected chi connectivity index (χ2v) is 5.64. The number of aromatic nitrogens is 2. The van der Waals surface area contributed by atoms with Crippen molar-refractivity contribution < 1.29 is 4.74 Å². The summed E-state index contributed by atoms with van der Waals surface area (Å²) in [6.45, 7) is 4.59. The van der Waals surface area contributed by atoms with E-state index >= 15 is 0 Å². The summed E-state index contributed by atoms with van der Waals surface area (Å²) >= 11 is 6.01. The number of hydrogen-bond donors (Lipinski definition) is 0. The topological polar surface area (TPSA) is 27.1 Å². The predicted molar refractivity (Wildman–Crippen MR) is 86.0 cm³/mol. The maximum atomic E-state index is 6.01. The first-order chi connectivity index (χ1) is 10.1. The lowest BCUT2D eigenvalue weighted by atomic mass is 10.1. The maximum Gasteiger partial charge on any atom is 0.147 e. The fourth-order valence-electron chi connectivity index (χ4n) is 2.37. The van der Waals surface area contributed by atoms with E-state index in [4.69, 9.17) is 16.3 Å². The van der Waals surface area contributed by atoms with Crippen LogP contribution in [-0.2, 0) is 13.7 Å². The average Bonchev–Trinajstić information content (AvgIpc) is 2.76. The molecule has 0 fully saturated rings. The molecular weight excluding hydrogens is 284 g/mol. The molecule has 1 heterocycles. The minimum Gasteiger partial charge on any atom is -0.485 e. The number of nitrogens with zero attached hydrogens (tertiary/aromatic N) is 2. The number of halogens is 1. The van der Waals surface area contributed by atoms with Crippen LogP contribution in [0.15, 0.2) is 36.4 Å². The summed E-state index contributed by atoms with van der Waals surface area (Å²) < 4.78 is 7.97. The molecule has 0 aliphatic heterocycles. The zero-order chi connectivity index (χ0) is 15.0. The second-order valence-electron chi connectivity index (χ2n) is 5.21. The van der Waals surface area contributed by atoms with E-state index in [-0.39, 0.29) is 0 Å². The third-order valence-electron chi connectivity index (χ3n) is 3.85. The van der Waals surface area contributed by atoms with Gasteiger partial charge in [0.2, 0.25) is 0 Å². The van der Waals surface area contributed by atoms with Crippen molar-refractivity contribution in [3.05, 3.63) is 58.4 Å². The van der Waals surface area contributed by atoms with Crippen LogP contribution in [0.3, 0.4) is 0 Å². The molecule has 0 amide bonds. The fraction of sp³-hybridized carbons (Fsp3) is 0.235. The van der Waals surface area contributed by atoms with Crippen molar-refractivity contribution in [1.82, 2.24) is 9.55 Å². The van der Waals surface area contributed by atoms with Crippen molar-refractivity contribution in [2.24, 2.45) is 7.05 Å². The zero-order valence-corrected chi connectivity index (χ0v) is 13.1. The standard InChI is InChI=1S/C17H17ClN2O/c1-11-5-4-6-16(12(11)2)21-10-17-19-14-9-13(18)7-8-15(14)20(17)3/h4-9H,10H2,1-3H3. The largest absolute Gasteiger partial charge is 0.485 e. The quantitative estimate of drug-likeness (QED) is 0.716. The molecule has 0 aliphatic carbocycles. The van der Waals surface area contributed by atoms with E-state index in [1.807, 2.05) is 41.9 Å². The van der Waals surface area contributed by atoms with Crippen LogP contribution in [0.1, 0.15) is 17.0 Å². The Morgan fingerprint density at radius 2 is 2.00 bits per heavy atom. The van der Waals surface area contributed by atoms with Crippen molar-refractivity contribution in [3.8, 4) is 5.75 Å². The molecule has 2 aromatic carbocycles. The number of rotatable bonds is 3. The number of benzene rings is 2. The number of aryl methyl sites for hydroxylation is 2. The summed E-state index contributed by atoms with van der Waals surface area (Å²) in [6, 6.07) is 11.8. The van der Waals surface area contributed by atoms with Gasteiger partial charge in [-0.15, -0.1) is 0 Å². The molecule has 0 unspecified atom stereocenters. The van der Waals surface area contributed by atoms with E-state index < -0.39 is 0 Å². The SMILES string of the molecule is Cc1cccc(OCc2nc3cc(Cl)ccc3n2C)c1C. The van der Waals surface area contributed by atoms with Crippen LogP contribution in [0, 0.1) is 13.8 Å². The Hall–Kier alpha value is -2.00. The van der Waals surface area contributed by atoms with Gasteiger partial charge in [0.1, 0.15) is 18.2 Å². The molecule has 0 saturated heterocycles. The monoisotopic (exact) mass is 300 g/mol. The molecule has 0 radical (unpaired) electrons. The predicted octanol–water partition coefficient (Wildman–Crippen LogP) is 4.42. The fourth-order valence-corrected chi connectivity index (χ4v) is 2.54. The third kappa shape index (κ3) is 2.61. The van der Waals surface area contributed by atoms with Gasteiger partial charge in [0.15, 0.2) is 0 Å². The lowest BCUT2D eigenvalue weighted by Crippen LogP contribution is -2.04. The van der Waals surface area contributed by atoms with Gasteiger partial charge in [0, 0.05) is 12.1 Å². The zero-order valence-electron chi connectivity index (χ0n) is 12.4. The van der Waals surface area contributed by atoms with Crippen LogP contribution in [0.5, 0.6) is 5.75 Å². The van der Waals surface area contributed by atoms with Crippen LogP contribution in [0.4, 0.5) is 0 Å². The summed E-state index contributed by atoms with van der Waals surface area (Å²) in [6.07, 6.45) is 0. The molecular formula is C17H17ClN2O. The Kier molecular flexibility index (Phi) is 3.60. The van der Waals surface area contributed by atoms with E-state index in [1.165, 1.54) is 11.1 Å². The number of ether oxygens (including phenoxy) is 1. The van der Waals surface area contributed by atoms with Crippen LogP contribution in [-0.4, -0.2) is 9.55 Å². The van der Waals surface area contributed by atoms with Gasteiger partial charge in [-0.25, -0.2) is 4.98 Å². The van der Waals surface area contributed by atoms with Crippen molar-refractivity contribution in [2.75, 3.05) is 0 Å². The number of imidazole rings is 1. The van der Waals surface area contributed by atoms with Gasteiger partial charge in [0.05, 0.1) is 11.0 Å². The Bertz CT molecular complexity index is 808. The highest BCUT2D eigenvalue weighted by atomic mass is 35.5. The lowest BCUT2D eigenvalue weighted by Gasteiger charge is -2.10. The summed E-state index contributed by atoms with van der Waals surface area (Å²) in [4.78, 5) is 4.59. The molecule has 1 aromatic heterocycles. The lowest BCUT2D eigenvalue weighted by molar-refractivity contribution is 0.290. The molecule has 3 rings (SSSR count). The Balaban J connectivity index is 1.88. The first-order valence-corrected chi connectivity index (χ1v) is 7.24. The molecule has 21 heavy (non-hydrogen) atoms. The summed E-state index contributed by atoms with van der Waals surface area (Å²) in [5.74, 6) is 1.79. The second kappa shape index (κ2) is 5.41. The highest BCUT2D eigenvalue weighted by Gasteiger charge is 2.09. The van der Waals surface area contributed by atoms with E-state index in [1.54, 1.807) is 0 Å². The summed E-state index contributed by atoms with van der Waals surface area (Å²) in [5, 5.41) is 0.697. The maximum absolute atomic E-state index is 6.01. The van der Waals surface area contributed by atoms with Crippen molar-refractivity contribution in [2.45, 2.75) is 20.5 Å². The van der Waals surface area contributed by atoms with Gasteiger partial charge in [0.25, 0.3) is 0 Å². The van der Waals surface area contributed by atoms with Crippen molar-refractivity contribution in [1.29, 1.82) is 0 Å².